The van der Waals surface area contributed by atoms with Gasteiger partial charge in [0, 0.05) is 19.3 Å². The second-order valence-electron chi connectivity index (χ2n) is 9.92. The van der Waals surface area contributed by atoms with Gasteiger partial charge in [0.1, 0.15) is 12.4 Å². The number of benzene rings is 4. The van der Waals surface area contributed by atoms with Gasteiger partial charge in [-0.2, -0.15) is 0 Å². The number of anilines is 1. The Morgan fingerprint density at radius 2 is 1.26 bits per heavy atom. The molecule has 2 N–H and O–H groups in total. The first-order chi connectivity index (χ1) is 19.1. The van der Waals surface area contributed by atoms with Gasteiger partial charge in [-0.15, -0.1) is 0 Å². The summed E-state index contributed by atoms with van der Waals surface area (Å²) < 4.78 is 11.1. The quantitative estimate of drug-likeness (QED) is 0.104. The predicted octanol–water partition coefficient (Wildman–Crippen LogP) is 7.10. The number of rotatable bonds is 12. The fourth-order valence-electron chi connectivity index (χ4n) is 5.77. The predicted molar refractivity (Wildman–Crippen MR) is 157 cm³/mol. The average molecular weight is 524 g/mol. The Kier molecular flexibility index (Phi) is 8.32. The highest BCUT2D eigenvalue weighted by atomic mass is 17.1. The zero-order valence-electron chi connectivity index (χ0n) is 23.0. The number of fused-ring (bicyclic) bond motifs is 3. The third-order valence-corrected chi connectivity index (χ3v) is 7.77. The summed E-state index contributed by atoms with van der Waals surface area (Å²) in [5.41, 5.74) is 10.8. The molecule has 5 rings (SSSR count). The second-order valence-corrected chi connectivity index (χ2v) is 9.92. The number of hydrogen-bond donors (Lipinski definition) is 2. The van der Waals surface area contributed by atoms with E-state index in [0.29, 0.717) is 19.8 Å². The average Bonchev–Trinajstić information content (AvgIpc) is 3.27. The van der Waals surface area contributed by atoms with Crippen LogP contribution in [0.5, 0.6) is 5.75 Å². The first kappa shape index (κ1) is 26.9. The first-order valence-electron chi connectivity index (χ1n) is 13.8. The minimum Gasteiger partial charge on any atom is -0.491 e. The van der Waals surface area contributed by atoms with Crippen molar-refractivity contribution in [3.63, 3.8) is 0 Å². The van der Waals surface area contributed by atoms with E-state index in [0.717, 1.165) is 24.3 Å². The second kappa shape index (κ2) is 12.0. The molecule has 202 valence electrons. The molecule has 1 aliphatic rings. The Hall–Kier alpha value is -3.64. The monoisotopic (exact) mass is 523 g/mol. The van der Waals surface area contributed by atoms with E-state index < -0.39 is 5.41 Å². The van der Waals surface area contributed by atoms with Crippen molar-refractivity contribution in [2.24, 2.45) is 0 Å². The molecule has 4 aromatic rings. The normalized spacial score (nSPS) is 13.1. The maximum atomic E-state index is 8.69. The van der Waals surface area contributed by atoms with Crippen molar-refractivity contribution < 1.29 is 19.6 Å². The van der Waals surface area contributed by atoms with E-state index in [9.17, 15) is 0 Å². The zero-order valence-corrected chi connectivity index (χ0v) is 23.0. The van der Waals surface area contributed by atoms with E-state index in [1.807, 2.05) is 0 Å². The van der Waals surface area contributed by atoms with Gasteiger partial charge in [-0.05, 0) is 81.6 Å². The molecule has 0 unspecified atom stereocenters. The van der Waals surface area contributed by atoms with Crippen LogP contribution in [0, 0.1) is 0 Å². The van der Waals surface area contributed by atoms with Crippen LogP contribution in [0.3, 0.4) is 0 Å². The highest BCUT2D eigenvalue weighted by Gasteiger charge is 2.46. The summed E-state index contributed by atoms with van der Waals surface area (Å²) in [4.78, 5) is 4.22. The molecule has 0 heterocycles. The molecule has 0 bridgehead atoms. The molecular formula is C34H37NO4. The van der Waals surface area contributed by atoms with Crippen LogP contribution >= 0.6 is 0 Å². The standard InChI is InChI=1S/C34H37NO4/c1-4-24-6-16-30-31-17-7-25(5-2)23-33(31)34(32(30)22-24,26-8-12-28(13-9-26)35-18-19-39-36)27-10-14-29(15-11-27)38-21-20-37-3/h6-17,22-23,35-36H,4-5,18-21H2,1-3H3. The number of ether oxygens (including phenoxy) is 2. The van der Waals surface area contributed by atoms with Crippen LogP contribution in [0.4, 0.5) is 5.69 Å². The Morgan fingerprint density at radius 1 is 0.692 bits per heavy atom. The Bertz CT molecular complexity index is 1290. The van der Waals surface area contributed by atoms with Crippen molar-refractivity contribution in [3.8, 4) is 16.9 Å². The van der Waals surface area contributed by atoms with E-state index in [4.69, 9.17) is 14.7 Å². The molecule has 0 aromatic heterocycles. The lowest BCUT2D eigenvalue weighted by Crippen LogP contribution is -2.29. The van der Waals surface area contributed by atoms with E-state index in [-0.39, 0.29) is 6.61 Å². The summed E-state index contributed by atoms with van der Waals surface area (Å²) >= 11 is 0. The molecule has 5 nitrogen and oxygen atoms in total. The molecule has 0 spiro atoms. The van der Waals surface area contributed by atoms with Crippen LogP contribution in [0.1, 0.15) is 47.2 Å². The fraction of sp³-hybridized carbons (Fsp3) is 0.294. The van der Waals surface area contributed by atoms with Gasteiger partial charge in [-0.1, -0.05) is 74.5 Å². The summed E-state index contributed by atoms with van der Waals surface area (Å²) in [6.45, 7) is 6.24. The van der Waals surface area contributed by atoms with Gasteiger partial charge < -0.3 is 14.8 Å². The van der Waals surface area contributed by atoms with Crippen LogP contribution < -0.4 is 10.1 Å². The highest BCUT2D eigenvalue weighted by Crippen LogP contribution is 2.56. The van der Waals surface area contributed by atoms with Gasteiger partial charge in [0.15, 0.2) is 0 Å². The van der Waals surface area contributed by atoms with Gasteiger partial charge in [0.05, 0.1) is 18.6 Å². The van der Waals surface area contributed by atoms with Crippen molar-refractivity contribution in [1.82, 2.24) is 0 Å². The topological polar surface area (TPSA) is 60.0 Å². The van der Waals surface area contributed by atoms with Crippen LogP contribution in [-0.4, -0.2) is 38.7 Å². The molecule has 1 aliphatic carbocycles. The maximum absolute atomic E-state index is 8.69. The Morgan fingerprint density at radius 3 is 1.77 bits per heavy atom. The molecular weight excluding hydrogens is 486 g/mol. The molecule has 5 heteroatoms. The number of nitrogens with one attached hydrogen (secondary N) is 1. The minimum absolute atomic E-state index is 0.227. The van der Waals surface area contributed by atoms with Gasteiger partial charge in [0.25, 0.3) is 0 Å². The molecule has 0 aliphatic heterocycles. The van der Waals surface area contributed by atoms with Gasteiger partial charge in [-0.25, -0.2) is 4.89 Å². The van der Waals surface area contributed by atoms with E-state index in [1.54, 1.807) is 7.11 Å². The van der Waals surface area contributed by atoms with Crippen molar-refractivity contribution in [3.05, 3.63) is 118 Å². The lowest BCUT2D eigenvalue weighted by Gasteiger charge is -2.34. The summed E-state index contributed by atoms with van der Waals surface area (Å²) in [5.74, 6) is 0.833. The van der Waals surface area contributed by atoms with Crippen molar-refractivity contribution in [2.45, 2.75) is 32.1 Å². The van der Waals surface area contributed by atoms with Crippen molar-refractivity contribution in [2.75, 3.05) is 38.8 Å². The molecule has 39 heavy (non-hydrogen) atoms. The van der Waals surface area contributed by atoms with E-state index in [1.165, 1.54) is 44.5 Å². The van der Waals surface area contributed by atoms with Crippen molar-refractivity contribution >= 4 is 5.69 Å². The van der Waals surface area contributed by atoms with Gasteiger partial charge >= 0.3 is 0 Å². The van der Waals surface area contributed by atoms with E-state index >= 15 is 0 Å². The van der Waals surface area contributed by atoms with Crippen molar-refractivity contribution in [1.29, 1.82) is 0 Å². The van der Waals surface area contributed by atoms with E-state index in [2.05, 4.69) is 109 Å². The lowest BCUT2D eigenvalue weighted by atomic mass is 9.67. The Labute approximate surface area is 231 Å². The molecule has 0 saturated carbocycles. The fourth-order valence-corrected chi connectivity index (χ4v) is 5.77. The van der Waals surface area contributed by atoms with Crippen LogP contribution in [-0.2, 0) is 27.9 Å². The number of aryl methyl sites for hydroxylation is 2. The molecule has 0 atom stereocenters. The molecule has 4 aromatic carbocycles. The summed E-state index contributed by atoms with van der Waals surface area (Å²) in [5, 5.41) is 12.0. The van der Waals surface area contributed by atoms with Gasteiger partial charge in [0.2, 0.25) is 0 Å². The molecule has 0 saturated heterocycles. The largest absolute Gasteiger partial charge is 0.491 e. The number of hydrogen-bond acceptors (Lipinski definition) is 5. The third kappa shape index (κ3) is 5.06. The molecule has 0 fully saturated rings. The highest BCUT2D eigenvalue weighted by molar-refractivity contribution is 5.87. The minimum atomic E-state index is -0.473. The Balaban J connectivity index is 1.72. The molecule has 0 radical (unpaired) electrons. The maximum Gasteiger partial charge on any atom is 0.119 e. The zero-order chi connectivity index (χ0) is 27.2. The van der Waals surface area contributed by atoms with Crippen LogP contribution in [0.25, 0.3) is 11.1 Å². The molecule has 0 amide bonds. The third-order valence-electron chi connectivity index (χ3n) is 7.77. The van der Waals surface area contributed by atoms with Crippen LogP contribution in [0.2, 0.25) is 0 Å². The summed E-state index contributed by atoms with van der Waals surface area (Å²) in [6.07, 6.45) is 1.95. The van der Waals surface area contributed by atoms with Gasteiger partial charge in [-0.3, -0.25) is 5.26 Å². The summed E-state index contributed by atoms with van der Waals surface area (Å²) in [6, 6.07) is 31.2. The summed E-state index contributed by atoms with van der Waals surface area (Å²) in [7, 11) is 1.68. The lowest BCUT2D eigenvalue weighted by molar-refractivity contribution is -0.238. The smallest absolute Gasteiger partial charge is 0.119 e. The first-order valence-corrected chi connectivity index (χ1v) is 13.8. The number of methoxy groups -OCH3 is 1. The SMILES string of the molecule is CCc1ccc2c(c1)C(c1ccc(NCCOO)cc1)(c1ccc(OCCOC)cc1)c1cc(CC)ccc1-2. The van der Waals surface area contributed by atoms with Crippen LogP contribution in [0.15, 0.2) is 84.9 Å².